The number of halogens is 1. The summed E-state index contributed by atoms with van der Waals surface area (Å²) in [5.41, 5.74) is 6.54. The minimum absolute atomic E-state index is 0.00877. The van der Waals surface area contributed by atoms with Crippen LogP contribution in [-0.4, -0.2) is 46.8 Å². The van der Waals surface area contributed by atoms with E-state index in [0.717, 1.165) is 12.1 Å². The summed E-state index contributed by atoms with van der Waals surface area (Å²) in [5, 5.41) is 13.4. The van der Waals surface area contributed by atoms with E-state index in [2.05, 4.69) is 35.8 Å². The van der Waals surface area contributed by atoms with Gasteiger partial charge >= 0.3 is 0 Å². The first kappa shape index (κ1) is 31.2. The summed E-state index contributed by atoms with van der Waals surface area (Å²) in [7, 11) is -9.13. The van der Waals surface area contributed by atoms with Gasteiger partial charge in [0, 0.05) is 6.92 Å². The van der Waals surface area contributed by atoms with Crippen LogP contribution in [0.4, 0.5) is 34.6 Å². The molecule has 6 N–H and O–H groups in total. The molecule has 0 aliphatic heterocycles. The van der Waals surface area contributed by atoms with Crippen LogP contribution in [0.5, 0.6) is 0 Å². The number of nitrogens with two attached hydrogens (primary N) is 1. The van der Waals surface area contributed by atoms with E-state index in [9.17, 15) is 30.7 Å². The SMILES string of the molecule is CC/C(=C\C=C/c1ccc(N=Nc2ccc(Nc3nc(N)nc(Cl)n3)c(NC(C)=O)c2)cc1S(=O)(=O)O)S(=O)(=O)O. The predicted molar refractivity (Wildman–Crippen MR) is 153 cm³/mol. The second kappa shape index (κ2) is 12.9. The van der Waals surface area contributed by atoms with Crippen LogP contribution in [-0.2, 0) is 25.0 Å². The maximum Gasteiger partial charge on any atom is 0.295 e. The monoisotopic (exact) mass is 622 g/mol. The van der Waals surface area contributed by atoms with Crippen LogP contribution in [0, 0.1) is 0 Å². The fourth-order valence-corrected chi connectivity index (χ4v) is 4.73. The molecule has 0 fully saturated rings. The van der Waals surface area contributed by atoms with Gasteiger partial charge in [-0.15, -0.1) is 0 Å². The molecule has 0 bridgehead atoms. The zero-order valence-electron chi connectivity index (χ0n) is 21.3. The van der Waals surface area contributed by atoms with Gasteiger partial charge in [0.2, 0.25) is 23.1 Å². The van der Waals surface area contributed by atoms with Crippen molar-refractivity contribution in [3.63, 3.8) is 0 Å². The fraction of sp³-hybridized carbons (Fsp3) is 0.130. The van der Waals surface area contributed by atoms with Crippen LogP contribution in [0.25, 0.3) is 6.08 Å². The molecule has 0 atom stereocenters. The molecule has 15 nitrogen and oxygen atoms in total. The number of benzene rings is 2. The molecule has 216 valence electrons. The number of aromatic nitrogens is 3. The van der Waals surface area contributed by atoms with Gasteiger partial charge in [0.05, 0.1) is 27.7 Å². The van der Waals surface area contributed by atoms with Crippen molar-refractivity contribution >= 4 is 78.5 Å². The highest BCUT2D eigenvalue weighted by molar-refractivity contribution is 7.89. The average Bonchev–Trinajstić information content (AvgIpc) is 2.85. The van der Waals surface area contributed by atoms with Crippen LogP contribution in [0.3, 0.4) is 0 Å². The first-order valence-electron chi connectivity index (χ1n) is 11.4. The third-order valence-corrected chi connectivity index (χ3v) is 7.15. The standard InChI is InChI=1S/C23H23ClN8O7S2/c1-3-17(40(34,35)36)6-4-5-14-7-8-16(12-20(14)41(37,38)39)32-31-15-9-10-18(19(11-15)26-13(2)33)27-23-29-21(24)28-22(25)30-23/h4-12H,3H2,1-2H3,(H,26,33)(H,34,35,36)(H,37,38,39)(H3,25,27,28,29,30)/b5-4-,17-6+,32-31?. The molecule has 2 aromatic carbocycles. The maximum atomic E-state index is 12.0. The van der Waals surface area contributed by atoms with Crippen molar-refractivity contribution in [2.75, 3.05) is 16.4 Å². The first-order chi connectivity index (χ1) is 19.2. The van der Waals surface area contributed by atoms with E-state index in [4.69, 9.17) is 17.3 Å². The smallest absolute Gasteiger partial charge is 0.295 e. The Morgan fingerprint density at radius 2 is 1.68 bits per heavy atom. The number of carbonyl (C=O) groups excluding carboxylic acids is 1. The number of anilines is 4. The molecular weight excluding hydrogens is 600 g/mol. The number of nitrogens with zero attached hydrogens (tertiary/aromatic N) is 5. The van der Waals surface area contributed by atoms with Gasteiger partial charge in [0.15, 0.2) is 0 Å². The predicted octanol–water partition coefficient (Wildman–Crippen LogP) is 4.67. The quantitative estimate of drug-likeness (QED) is 0.118. The maximum absolute atomic E-state index is 12.0. The molecule has 0 saturated carbocycles. The molecule has 0 radical (unpaired) electrons. The topological polar surface area (TPSA) is 239 Å². The van der Waals surface area contributed by atoms with Gasteiger partial charge in [0.25, 0.3) is 20.2 Å². The minimum Gasteiger partial charge on any atom is -0.368 e. The molecule has 0 aliphatic rings. The Morgan fingerprint density at radius 1 is 1.02 bits per heavy atom. The van der Waals surface area contributed by atoms with Gasteiger partial charge < -0.3 is 16.4 Å². The Bertz CT molecular complexity index is 1770. The van der Waals surface area contributed by atoms with Crippen molar-refractivity contribution in [2.24, 2.45) is 10.2 Å². The van der Waals surface area contributed by atoms with E-state index in [1.807, 2.05) is 0 Å². The molecule has 18 heteroatoms. The summed E-state index contributed by atoms with van der Waals surface area (Å²) >= 11 is 5.80. The molecule has 0 unspecified atom stereocenters. The lowest BCUT2D eigenvalue weighted by molar-refractivity contribution is -0.114. The van der Waals surface area contributed by atoms with Gasteiger partial charge in [-0.1, -0.05) is 25.1 Å². The zero-order valence-corrected chi connectivity index (χ0v) is 23.7. The van der Waals surface area contributed by atoms with Crippen LogP contribution >= 0.6 is 11.6 Å². The van der Waals surface area contributed by atoms with E-state index in [-0.39, 0.29) is 51.1 Å². The van der Waals surface area contributed by atoms with Gasteiger partial charge in [-0.05, 0) is 60.0 Å². The molecule has 1 heterocycles. The highest BCUT2D eigenvalue weighted by Gasteiger charge is 2.16. The zero-order chi connectivity index (χ0) is 30.4. The van der Waals surface area contributed by atoms with E-state index >= 15 is 0 Å². The molecule has 1 amide bonds. The number of amides is 1. The number of azo groups is 1. The molecular formula is C23H23ClN8O7S2. The van der Waals surface area contributed by atoms with Crippen molar-refractivity contribution in [3.05, 3.63) is 64.3 Å². The lowest BCUT2D eigenvalue weighted by Crippen LogP contribution is -2.09. The Morgan fingerprint density at radius 3 is 2.27 bits per heavy atom. The third-order valence-electron chi connectivity index (χ3n) is 4.98. The lowest BCUT2D eigenvalue weighted by Gasteiger charge is -2.12. The van der Waals surface area contributed by atoms with E-state index < -0.39 is 31.0 Å². The largest absolute Gasteiger partial charge is 0.368 e. The Kier molecular flexibility index (Phi) is 9.84. The molecule has 0 aliphatic carbocycles. The van der Waals surface area contributed by atoms with Crippen molar-refractivity contribution in [1.82, 2.24) is 15.0 Å². The highest BCUT2D eigenvalue weighted by Crippen LogP contribution is 2.31. The molecule has 41 heavy (non-hydrogen) atoms. The second-order valence-corrected chi connectivity index (χ2v) is 11.2. The number of carbonyl (C=O) groups is 1. The van der Waals surface area contributed by atoms with E-state index in [1.54, 1.807) is 0 Å². The first-order valence-corrected chi connectivity index (χ1v) is 14.6. The molecule has 0 spiro atoms. The Hall–Kier alpha value is -4.29. The molecule has 0 saturated heterocycles. The average molecular weight is 623 g/mol. The number of hydrogen-bond donors (Lipinski definition) is 5. The van der Waals surface area contributed by atoms with Crippen LogP contribution in [0.2, 0.25) is 5.28 Å². The normalized spacial score (nSPS) is 12.7. The minimum atomic E-state index is -4.72. The third kappa shape index (κ3) is 9.12. The van der Waals surface area contributed by atoms with E-state index in [1.165, 1.54) is 56.3 Å². The number of rotatable bonds is 10. The van der Waals surface area contributed by atoms with Gasteiger partial charge in [-0.3, -0.25) is 13.9 Å². The van der Waals surface area contributed by atoms with Crippen molar-refractivity contribution in [3.8, 4) is 0 Å². The summed E-state index contributed by atoms with van der Waals surface area (Å²) < 4.78 is 65.5. The fourth-order valence-electron chi connectivity index (χ4n) is 3.25. The number of allylic oxidation sites excluding steroid dienone is 3. The van der Waals surface area contributed by atoms with E-state index in [0.29, 0.717) is 5.69 Å². The van der Waals surface area contributed by atoms with Crippen molar-refractivity contribution in [1.29, 1.82) is 0 Å². The van der Waals surface area contributed by atoms with Crippen LogP contribution < -0.4 is 16.4 Å². The molecule has 1 aromatic heterocycles. The molecule has 3 aromatic rings. The summed E-state index contributed by atoms with van der Waals surface area (Å²) in [4.78, 5) is 22.4. The Balaban J connectivity index is 1.93. The van der Waals surface area contributed by atoms with Crippen LogP contribution in [0.15, 0.2) is 68.6 Å². The number of nitrogen functional groups attached to an aromatic ring is 1. The lowest BCUT2D eigenvalue weighted by atomic mass is 10.2. The number of hydrogen-bond acceptors (Lipinski definition) is 12. The summed E-state index contributed by atoms with van der Waals surface area (Å²) in [6, 6.07) is 8.32. The summed E-state index contributed by atoms with van der Waals surface area (Å²) in [6.45, 7) is 2.81. The Labute approximate surface area is 239 Å². The van der Waals surface area contributed by atoms with Crippen LogP contribution in [0.1, 0.15) is 25.8 Å². The van der Waals surface area contributed by atoms with Gasteiger partial charge in [-0.2, -0.15) is 42.0 Å². The highest BCUT2D eigenvalue weighted by atomic mass is 35.5. The second-order valence-electron chi connectivity index (χ2n) is 8.04. The number of nitrogens with one attached hydrogen (secondary N) is 2. The van der Waals surface area contributed by atoms with Gasteiger partial charge in [0.1, 0.15) is 4.90 Å². The van der Waals surface area contributed by atoms with Gasteiger partial charge in [-0.25, -0.2) is 0 Å². The van der Waals surface area contributed by atoms with Crippen molar-refractivity contribution < 1.29 is 30.7 Å². The summed E-state index contributed by atoms with van der Waals surface area (Å²) in [5.74, 6) is -0.492. The molecule has 3 rings (SSSR count). The summed E-state index contributed by atoms with van der Waals surface area (Å²) in [6.07, 6.45) is 3.57. The van der Waals surface area contributed by atoms with Crippen molar-refractivity contribution in [2.45, 2.75) is 25.2 Å².